The molecule has 1 aromatic carbocycles. The van der Waals surface area contributed by atoms with Crippen LogP contribution in [-0.2, 0) is 8.85 Å². The van der Waals surface area contributed by atoms with Gasteiger partial charge in [0.25, 0.3) is 0 Å². The van der Waals surface area contributed by atoms with E-state index in [1.807, 2.05) is 0 Å². The molecule has 0 heterocycles. The number of hydrogen-bond donors (Lipinski definition) is 0. The van der Waals surface area contributed by atoms with Gasteiger partial charge in [-0.2, -0.15) is 0 Å². The van der Waals surface area contributed by atoms with Crippen LogP contribution in [0.3, 0.4) is 0 Å². The Hall–Kier alpha value is -0.426. The van der Waals surface area contributed by atoms with Crippen molar-refractivity contribution in [2.75, 3.05) is 0 Å². The Morgan fingerprint density at radius 1 is 0.615 bits per heavy atom. The van der Waals surface area contributed by atoms with E-state index in [1.54, 1.807) is 0 Å². The van der Waals surface area contributed by atoms with Gasteiger partial charge in [0.2, 0.25) is 0 Å². The third-order valence-corrected chi connectivity index (χ3v) is 7.86. The molecule has 2 atom stereocenters. The number of benzene rings is 1. The highest BCUT2D eigenvalue weighted by atomic mass is 28.2. The van der Waals surface area contributed by atoms with Crippen molar-refractivity contribution in [3.63, 3.8) is 0 Å². The molecule has 0 saturated carbocycles. The quantitative estimate of drug-likeness (QED) is 0.396. The summed E-state index contributed by atoms with van der Waals surface area (Å²) in [5.74, 6) is 0. The first kappa shape index (κ1) is 23.6. The Labute approximate surface area is 167 Å². The van der Waals surface area contributed by atoms with Crippen LogP contribution in [0.2, 0.25) is 0 Å². The Kier molecular flexibility index (Phi) is 14.2. The topological polar surface area (TPSA) is 18.5 Å². The van der Waals surface area contributed by atoms with Gasteiger partial charge in [-0.05, 0) is 36.1 Å². The lowest BCUT2D eigenvalue weighted by Gasteiger charge is -2.18. The van der Waals surface area contributed by atoms with E-state index in [0.29, 0.717) is 12.2 Å². The zero-order valence-corrected chi connectivity index (χ0v) is 20.6. The van der Waals surface area contributed by atoms with Gasteiger partial charge in [-0.25, -0.2) is 0 Å². The molecule has 1 aromatic rings. The molecule has 0 radical (unpaired) electrons. The molecule has 26 heavy (non-hydrogen) atoms. The van der Waals surface area contributed by atoms with Crippen molar-refractivity contribution in [2.24, 2.45) is 0 Å². The molecule has 0 spiro atoms. The van der Waals surface area contributed by atoms with Crippen LogP contribution >= 0.6 is 0 Å². The van der Waals surface area contributed by atoms with Gasteiger partial charge in [-0.3, -0.25) is 0 Å². The largest absolute Gasteiger partial charge is 0.416 e. The number of hydrogen-bond acceptors (Lipinski definition) is 2. The van der Waals surface area contributed by atoms with E-state index in [1.165, 1.54) is 74.6 Å². The van der Waals surface area contributed by atoms with Crippen LogP contribution in [0.1, 0.15) is 91.9 Å². The molecule has 150 valence electrons. The molecule has 0 amide bonds. The van der Waals surface area contributed by atoms with Crippen molar-refractivity contribution >= 4 is 29.9 Å². The van der Waals surface area contributed by atoms with Crippen molar-refractivity contribution in [3.05, 3.63) is 24.3 Å². The van der Waals surface area contributed by atoms with Crippen molar-refractivity contribution in [3.8, 4) is 0 Å². The summed E-state index contributed by atoms with van der Waals surface area (Å²) in [4.78, 5) is 0. The fraction of sp³-hybridized carbons (Fsp3) is 0.727. The highest BCUT2D eigenvalue weighted by Gasteiger charge is 2.10. The normalized spacial score (nSPS) is 14.6. The smallest absolute Gasteiger partial charge is 0.192 e. The highest BCUT2D eigenvalue weighted by Crippen LogP contribution is 2.11. The van der Waals surface area contributed by atoms with Gasteiger partial charge >= 0.3 is 0 Å². The van der Waals surface area contributed by atoms with Crippen LogP contribution in [0.25, 0.3) is 0 Å². The van der Waals surface area contributed by atoms with E-state index in [-0.39, 0.29) is 0 Å². The Morgan fingerprint density at radius 3 is 1.31 bits per heavy atom. The molecule has 0 bridgehead atoms. The van der Waals surface area contributed by atoms with Crippen molar-refractivity contribution in [1.29, 1.82) is 0 Å². The summed E-state index contributed by atoms with van der Waals surface area (Å²) in [7, 11) is -1.19. The van der Waals surface area contributed by atoms with Gasteiger partial charge in [0, 0.05) is 12.2 Å². The number of unbranched alkanes of at least 4 members (excludes halogenated alkanes) is 2. The summed E-state index contributed by atoms with van der Waals surface area (Å²) in [6.45, 7) is 9.04. The summed E-state index contributed by atoms with van der Waals surface area (Å²) in [5.41, 5.74) is 0. The maximum Gasteiger partial charge on any atom is 0.192 e. The number of rotatable bonds is 16. The molecular formula is C22H42O2Si2. The summed E-state index contributed by atoms with van der Waals surface area (Å²) < 4.78 is 12.6. The van der Waals surface area contributed by atoms with Crippen LogP contribution in [0.4, 0.5) is 0 Å². The second-order valence-electron chi connectivity index (χ2n) is 7.54. The Morgan fingerprint density at radius 2 is 1.00 bits per heavy atom. The predicted octanol–water partition coefficient (Wildman–Crippen LogP) is 3.86. The molecule has 0 fully saturated rings. The third-order valence-electron chi connectivity index (χ3n) is 4.97. The van der Waals surface area contributed by atoms with Crippen molar-refractivity contribution < 1.29 is 8.85 Å². The molecule has 0 aliphatic rings. The van der Waals surface area contributed by atoms with Crippen LogP contribution in [0, 0.1) is 0 Å². The second-order valence-corrected chi connectivity index (χ2v) is 10.4. The fourth-order valence-electron chi connectivity index (χ4n) is 3.29. The summed E-state index contributed by atoms with van der Waals surface area (Å²) >= 11 is 0. The van der Waals surface area contributed by atoms with Gasteiger partial charge in [-0.15, -0.1) is 0 Å². The van der Waals surface area contributed by atoms with Crippen molar-refractivity contribution in [1.82, 2.24) is 0 Å². The lowest BCUT2D eigenvalue weighted by molar-refractivity contribution is 0.188. The van der Waals surface area contributed by atoms with E-state index >= 15 is 0 Å². The fourth-order valence-corrected chi connectivity index (χ4v) is 5.67. The molecule has 0 aromatic heterocycles. The lowest BCUT2D eigenvalue weighted by Crippen LogP contribution is -2.28. The molecule has 2 unspecified atom stereocenters. The maximum absolute atomic E-state index is 6.30. The Balaban J connectivity index is 2.41. The van der Waals surface area contributed by atoms with Gasteiger partial charge in [0.1, 0.15) is 0 Å². The maximum atomic E-state index is 6.30. The average molecular weight is 395 g/mol. The molecular weight excluding hydrogens is 352 g/mol. The van der Waals surface area contributed by atoms with Crippen LogP contribution < -0.4 is 10.4 Å². The van der Waals surface area contributed by atoms with Gasteiger partial charge in [-0.1, -0.05) is 90.5 Å². The van der Waals surface area contributed by atoms with Gasteiger partial charge < -0.3 is 8.85 Å². The van der Waals surface area contributed by atoms with E-state index in [9.17, 15) is 0 Å². The van der Waals surface area contributed by atoms with E-state index in [0.717, 1.165) is 0 Å². The zero-order chi connectivity index (χ0) is 19.0. The van der Waals surface area contributed by atoms with E-state index < -0.39 is 19.5 Å². The van der Waals surface area contributed by atoms with Gasteiger partial charge in [0.15, 0.2) is 19.5 Å². The van der Waals surface area contributed by atoms with Crippen LogP contribution in [0.15, 0.2) is 24.3 Å². The second kappa shape index (κ2) is 15.6. The minimum atomic E-state index is -0.597. The molecule has 4 heteroatoms. The molecule has 0 saturated heterocycles. The molecule has 1 rings (SSSR count). The first-order chi connectivity index (χ1) is 12.7. The Bertz CT molecular complexity index is 395. The van der Waals surface area contributed by atoms with Crippen molar-refractivity contribution in [2.45, 2.75) is 104 Å². The third kappa shape index (κ3) is 10.7. The van der Waals surface area contributed by atoms with Crippen LogP contribution in [0.5, 0.6) is 0 Å². The average Bonchev–Trinajstić information content (AvgIpc) is 2.67. The first-order valence-corrected chi connectivity index (χ1v) is 13.6. The standard InChI is InChI=1S/C22H42O2Si2/c1-5-9-13-19(11-7-3)23-25-21-15-17-22(18-16-21)26-24-20(12-8-4)14-10-6-2/h15-20H,5-14,25-26H2,1-4H3. The summed E-state index contributed by atoms with van der Waals surface area (Å²) in [6.07, 6.45) is 13.4. The SMILES string of the molecule is CCCCC(CCC)O[SiH2]c1ccc([SiH2]OC(CCC)CCCC)cc1. The molecule has 0 N–H and O–H groups in total. The predicted molar refractivity (Wildman–Crippen MR) is 121 cm³/mol. The molecule has 0 aliphatic heterocycles. The summed E-state index contributed by atoms with van der Waals surface area (Å²) in [6, 6.07) is 9.17. The minimum absolute atomic E-state index is 0.484. The van der Waals surface area contributed by atoms with E-state index in [4.69, 9.17) is 8.85 Å². The lowest BCUT2D eigenvalue weighted by atomic mass is 10.1. The van der Waals surface area contributed by atoms with E-state index in [2.05, 4.69) is 52.0 Å². The van der Waals surface area contributed by atoms with Crippen LogP contribution in [-0.4, -0.2) is 31.7 Å². The highest BCUT2D eigenvalue weighted by molar-refractivity contribution is 6.49. The minimum Gasteiger partial charge on any atom is -0.416 e. The monoisotopic (exact) mass is 394 g/mol. The van der Waals surface area contributed by atoms with Gasteiger partial charge in [0.05, 0.1) is 0 Å². The first-order valence-electron chi connectivity index (χ1n) is 11.0. The molecule has 0 aliphatic carbocycles. The molecule has 2 nitrogen and oxygen atoms in total. The zero-order valence-electron chi connectivity index (χ0n) is 17.8. The summed E-state index contributed by atoms with van der Waals surface area (Å²) in [5, 5.41) is 2.85.